The Kier molecular flexibility index (Phi) is 3.79. The lowest BCUT2D eigenvalue weighted by Gasteiger charge is -2.04. The normalized spacial score (nSPS) is 20.0. The first kappa shape index (κ1) is 12.1. The van der Waals surface area contributed by atoms with Crippen molar-refractivity contribution < 1.29 is 4.79 Å². The largest absolute Gasteiger partial charge is 0.292 e. The molecule has 1 aliphatic heterocycles. The van der Waals surface area contributed by atoms with Gasteiger partial charge in [-0.1, -0.05) is 13.8 Å². The first-order valence-electron chi connectivity index (χ1n) is 4.82. The van der Waals surface area contributed by atoms with Gasteiger partial charge < -0.3 is 0 Å². The van der Waals surface area contributed by atoms with Crippen LogP contribution in [0, 0.1) is 5.92 Å². The summed E-state index contributed by atoms with van der Waals surface area (Å²) in [5, 5.41) is 7.28. The minimum absolute atomic E-state index is 0.0321. The molecule has 0 amide bonds. The zero-order valence-corrected chi connectivity index (χ0v) is 10.2. The third-order valence-electron chi connectivity index (χ3n) is 1.86. The highest BCUT2D eigenvalue weighted by molar-refractivity contribution is 7.81. The Labute approximate surface area is 95.0 Å². The van der Waals surface area contributed by atoms with E-state index in [4.69, 9.17) is 0 Å². The van der Waals surface area contributed by atoms with E-state index in [0.717, 1.165) is 5.71 Å². The number of rotatable bonds is 3. The van der Waals surface area contributed by atoms with E-state index in [1.165, 1.54) is 0 Å². The van der Waals surface area contributed by atoms with Gasteiger partial charge in [0, 0.05) is 11.6 Å². The number of aliphatic imine (C=N–C) groups is 1. The van der Waals surface area contributed by atoms with Gasteiger partial charge in [-0.3, -0.25) is 9.79 Å². The fraction of sp³-hybridized carbons (Fsp3) is 0.600. The predicted molar refractivity (Wildman–Crippen MR) is 63.3 cm³/mol. The van der Waals surface area contributed by atoms with Crippen LogP contribution in [0.3, 0.4) is 0 Å². The Hall–Kier alpha value is -0.970. The van der Waals surface area contributed by atoms with Crippen molar-refractivity contribution in [2.75, 3.05) is 0 Å². The van der Waals surface area contributed by atoms with E-state index in [9.17, 15) is 4.79 Å². The second-order valence-electron chi connectivity index (χ2n) is 3.90. The number of ketones is 1. The molecule has 0 N–H and O–H groups in total. The van der Waals surface area contributed by atoms with Gasteiger partial charge in [0.15, 0.2) is 16.9 Å². The number of allylic oxidation sites excluding steroid dienone is 1. The standard InChI is InChI=1S/C10H15N3OS/c1-5(2)9(14)7-8(11-6(3)4)10(15)13-12-7/h5,10,15H,1-4H3. The van der Waals surface area contributed by atoms with E-state index < -0.39 is 5.37 Å². The molecule has 5 heteroatoms. The van der Waals surface area contributed by atoms with Crippen molar-refractivity contribution in [2.45, 2.75) is 33.1 Å². The van der Waals surface area contributed by atoms with Gasteiger partial charge in [0.2, 0.25) is 0 Å². The van der Waals surface area contributed by atoms with Crippen LogP contribution >= 0.6 is 12.6 Å². The lowest BCUT2D eigenvalue weighted by Crippen LogP contribution is -2.11. The molecule has 15 heavy (non-hydrogen) atoms. The zero-order valence-electron chi connectivity index (χ0n) is 9.35. The van der Waals surface area contributed by atoms with Crippen molar-refractivity contribution in [3.8, 4) is 0 Å². The van der Waals surface area contributed by atoms with Crippen LogP contribution in [-0.2, 0) is 4.79 Å². The Morgan fingerprint density at radius 2 is 2.07 bits per heavy atom. The molecule has 1 rings (SSSR count). The van der Waals surface area contributed by atoms with Crippen molar-refractivity contribution in [1.29, 1.82) is 0 Å². The maximum atomic E-state index is 11.8. The third-order valence-corrected chi connectivity index (χ3v) is 2.20. The van der Waals surface area contributed by atoms with Gasteiger partial charge >= 0.3 is 0 Å². The van der Waals surface area contributed by atoms with Gasteiger partial charge in [-0.05, 0) is 13.8 Å². The number of Topliss-reactive ketones (excluding diaryl/α,β-unsaturated/α-hetero) is 1. The van der Waals surface area contributed by atoms with Gasteiger partial charge in [0.05, 0.1) is 0 Å². The fourth-order valence-electron chi connectivity index (χ4n) is 1.14. The van der Waals surface area contributed by atoms with Crippen LogP contribution in [0.2, 0.25) is 0 Å². The highest BCUT2D eigenvalue weighted by atomic mass is 32.1. The van der Waals surface area contributed by atoms with Gasteiger partial charge in [0.1, 0.15) is 5.70 Å². The van der Waals surface area contributed by atoms with E-state index >= 15 is 0 Å². The van der Waals surface area contributed by atoms with Crippen molar-refractivity contribution in [2.24, 2.45) is 21.1 Å². The highest BCUT2D eigenvalue weighted by Crippen LogP contribution is 2.28. The molecule has 0 fully saturated rings. The third kappa shape index (κ3) is 2.75. The first-order chi connectivity index (χ1) is 6.93. The maximum absolute atomic E-state index is 11.8. The molecule has 82 valence electrons. The summed E-state index contributed by atoms with van der Waals surface area (Å²) in [6, 6.07) is 0. The minimum Gasteiger partial charge on any atom is -0.292 e. The number of thiol groups is 1. The summed E-state index contributed by atoms with van der Waals surface area (Å²) >= 11 is 4.21. The fourth-order valence-corrected chi connectivity index (χ4v) is 1.37. The van der Waals surface area contributed by atoms with Crippen molar-refractivity contribution in [3.63, 3.8) is 0 Å². The number of carbonyl (C=O) groups excluding carboxylic acids is 1. The average Bonchev–Trinajstić information content (AvgIpc) is 2.46. The van der Waals surface area contributed by atoms with Crippen molar-refractivity contribution in [3.05, 3.63) is 11.4 Å². The molecule has 0 saturated carbocycles. The van der Waals surface area contributed by atoms with Crippen molar-refractivity contribution in [1.82, 2.24) is 0 Å². The summed E-state index contributed by atoms with van der Waals surface area (Å²) in [6.45, 7) is 7.39. The molecule has 4 nitrogen and oxygen atoms in total. The van der Waals surface area contributed by atoms with Gasteiger partial charge in [-0.25, -0.2) is 0 Å². The van der Waals surface area contributed by atoms with Crippen LogP contribution in [0.4, 0.5) is 0 Å². The Balaban J connectivity index is 3.11. The number of hydrogen-bond acceptors (Lipinski definition) is 5. The summed E-state index contributed by atoms with van der Waals surface area (Å²) in [5.74, 6) is -0.129. The number of nitrogens with zero attached hydrogens (tertiary/aromatic N) is 3. The number of hydrogen-bond donors (Lipinski definition) is 1. The summed E-state index contributed by atoms with van der Waals surface area (Å²) in [4.78, 5) is 16.0. The molecule has 0 aromatic heterocycles. The Morgan fingerprint density at radius 3 is 2.53 bits per heavy atom. The second-order valence-corrected chi connectivity index (χ2v) is 4.39. The molecule has 0 aromatic carbocycles. The predicted octanol–water partition coefficient (Wildman–Crippen LogP) is 2.63. The molecule has 1 heterocycles. The SMILES string of the molecule is CC(C)=NC1=C(C(=O)C(C)C)N=NC1S. The molecule has 0 aliphatic carbocycles. The molecule has 1 unspecified atom stereocenters. The molecule has 1 aliphatic rings. The van der Waals surface area contributed by atoms with Crippen molar-refractivity contribution >= 4 is 24.1 Å². The van der Waals surface area contributed by atoms with E-state index in [0.29, 0.717) is 11.4 Å². The van der Waals surface area contributed by atoms with E-state index in [2.05, 4.69) is 27.8 Å². The summed E-state index contributed by atoms with van der Waals surface area (Å²) in [7, 11) is 0. The Bertz CT molecular complexity index is 365. The van der Waals surface area contributed by atoms with Crippen LogP contribution < -0.4 is 0 Å². The van der Waals surface area contributed by atoms with Crippen LogP contribution in [-0.4, -0.2) is 16.9 Å². The molecular weight excluding hydrogens is 210 g/mol. The van der Waals surface area contributed by atoms with E-state index in [-0.39, 0.29) is 11.7 Å². The molecule has 1 atom stereocenters. The van der Waals surface area contributed by atoms with Crippen LogP contribution in [0.15, 0.2) is 26.6 Å². The summed E-state index contributed by atoms with van der Waals surface area (Å²) in [6.07, 6.45) is 0. The smallest absolute Gasteiger partial charge is 0.187 e. The molecule has 0 saturated heterocycles. The lowest BCUT2D eigenvalue weighted by atomic mass is 10.1. The Morgan fingerprint density at radius 1 is 1.47 bits per heavy atom. The number of azo groups is 1. The minimum atomic E-state index is -0.405. The van der Waals surface area contributed by atoms with Crippen LogP contribution in [0.1, 0.15) is 27.7 Å². The zero-order chi connectivity index (χ0) is 11.6. The van der Waals surface area contributed by atoms with Gasteiger partial charge in [0.25, 0.3) is 0 Å². The average molecular weight is 225 g/mol. The molecule has 0 aromatic rings. The monoisotopic (exact) mass is 225 g/mol. The highest BCUT2D eigenvalue weighted by Gasteiger charge is 2.26. The molecule has 0 bridgehead atoms. The molecule has 0 spiro atoms. The van der Waals surface area contributed by atoms with Crippen LogP contribution in [0.5, 0.6) is 0 Å². The lowest BCUT2D eigenvalue weighted by molar-refractivity contribution is -0.118. The maximum Gasteiger partial charge on any atom is 0.187 e. The first-order valence-corrected chi connectivity index (χ1v) is 5.34. The quantitative estimate of drug-likeness (QED) is 0.582. The topological polar surface area (TPSA) is 54.1 Å². The summed E-state index contributed by atoms with van der Waals surface area (Å²) < 4.78 is 0. The van der Waals surface area contributed by atoms with Gasteiger partial charge in [-0.15, -0.1) is 17.7 Å². The second kappa shape index (κ2) is 4.70. The summed E-state index contributed by atoms with van der Waals surface area (Å²) in [5.41, 5.74) is 1.79. The van der Waals surface area contributed by atoms with Gasteiger partial charge in [-0.2, -0.15) is 5.11 Å². The van der Waals surface area contributed by atoms with Crippen LogP contribution in [0.25, 0.3) is 0 Å². The van der Waals surface area contributed by atoms with E-state index in [1.807, 2.05) is 27.7 Å². The number of carbonyl (C=O) groups is 1. The van der Waals surface area contributed by atoms with E-state index in [1.54, 1.807) is 0 Å². The molecule has 0 radical (unpaired) electrons. The molecular formula is C10H15N3OS.